The first kappa shape index (κ1) is 13.4. The zero-order chi connectivity index (χ0) is 13.8. The lowest BCUT2D eigenvalue weighted by atomic mass is 10.0. The van der Waals surface area contributed by atoms with Crippen LogP contribution in [-0.2, 0) is 13.0 Å². The molecule has 1 saturated heterocycles. The predicted octanol–water partition coefficient (Wildman–Crippen LogP) is 2.68. The monoisotopic (exact) mass is 270 g/mol. The van der Waals surface area contributed by atoms with Crippen molar-refractivity contribution in [3.8, 4) is 0 Å². The summed E-state index contributed by atoms with van der Waals surface area (Å²) in [6.45, 7) is 5.25. The van der Waals surface area contributed by atoms with E-state index in [-0.39, 0.29) is 0 Å². The van der Waals surface area contributed by atoms with Gasteiger partial charge in [0.2, 0.25) is 0 Å². The van der Waals surface area contributed by atoms with Crippen LogP contribution in [0.25, 0.3) is 0 Å². The Bertz CT molecular complexity index is 509. The summed E-state index contributed by atoms with van der Waals surface area (Å²) in [5, 5.41) is 3.59. The highest BCUT2D eigenvalue weighted by Gasteiger charge is 2.26. The topological polar surface area (TPSA) is 28.4 Å². The molecule has 106 valence electrons. The van der Waals surface area contributed by atoms with E-state index in [1.807, 2.05) is 6.07 Å². The highest BCUT2D eigenvalue weighted by atomic mass is 16.3. The van der Waals surface area contributed by atoms with E-state index in [2.05, 4.69) is 53.5 Å². The van der Waals surface area contributed by atoms with Crippen molar-refractivity contribution in [3.63, 3.8) is 0 Å². The number of nitrogens with one attached hydrogen (secondary N) is 1. The number of benzene rings is 1. The van der Waals surface area contributed by atoms with Crippen LogP contribution < -0.4 is 5.32 Å². The third-order valence-corrected chi connectivity index (χ3v) is 3.98. The molecule has 0 bridgehead atoms. The molecule has 3 rings (SSSR count). The number of rotatable bonds is 4. The Balaban J connectivity index is 1.69. The average Bonchev–Trinajstić information content (AvgIpc) is 2.96. The summed E-state index contributed by atoms with van der Waals surface area (Å²) < 4.78 is 5.51. The highest BCUT2D eigenvalue weighted by molar-refractivity contribution is 5.16. The van der Waals surface area contributed by atoms with Crippen LogP contribution in [0.15, 0.2) is 53.1 Å². The summed E-state index contributed by atoms with van der Waals surface area (Å²) in [6, 6.07) is 15.8. The molecule has 1 aromatic heterocycles. The van der Waals surface area contributed by atoms with Gasteiger partial charge in [0.25, 0.3) is 0 Å². The van der Waals surface area contributed by atoms with Crippen molar-refractivity contribution in [1.82, 2.24) is 10.2 Å². The van der Waals surface area contributed by atoms with Gasteiger partial charge in [0.15, 0.2) is 0 Å². The van der Waals surface area contributed by atoms with E-state index in [0.717, 1.165) is 31.8 Å². The Morgan fingerprint density at radius 3 is 2.80 bits per heavy atom. The lowest BCUT2D eigenvalue weighted by Gasteiger charge is -2.39. The first-order valence-electron chi connectivity index (χ1n) is 7.35. The normalized spacial score (nSPS) is 23.9. The molecule has 3 nitrogen and oxygen atoms in total. The standard InChI is InChI=1S/C17H22N2O/c1-14-12-19(13-17-8-5-9-20-17)16(11-18-14)10-15-6-3-2-4-7-15/h2-9,14,16,18H,10-13H2,1H3. The minimum absolute atomic E-state index is 0.527. The third kappa shape index (κ3) is 3.30. The van der Waals surface area contributed by atoms with E-state index in [9.17, 15) is 0 Å². The van der Waals surface area contributed by atoms with E-state index >= 15 is 0 Å². The molecule has 1 aromatic carbocycles. The fraction of sp³-hybridized carbons (Fsp3) is 0.412. The Kier molecular flexibility index (Phi) is 4.19. The predicted molar refractivity (Wildman–Crippen MR) is 80.5 cm³/mol. The summed E-state index contributed by atoms with van der Waals surface area (Å²) in [6.07, 6.45) is 2.84. The van der Waals surface area contributed by atoms with Crippen LogP contribution in [0.4, 0.5) is 0 Å². The van der Waals surface area contributed by atoms with Crippen LogP contribution in [0, 0.1) is 0 Å². The van der Waals surface area contributed by atoms with E-state index in [0.29, 0.717) is 12.1 Å². The van der Waals surface area contributed by atoms with Crippen LogP contribution in [-0.4, -0.2) is 30.1 Å². The van der Waals surface area contributed by atoms with Gasteiger partial charge in [-0.25, -0.2) is 0 Å². The molecule has 1 aliphatic rings. The van der Waals surface area contributed by atoms with Gasteiger partial charge in [-0.3, -0.25) is 4.90 Å². The average molecular weight is 270 g/mol. The molecule has 0 aliphatic carbocycles. The van der Waals surface area contributed by atoms with Crippen molar-refractivity contribution in [2.45, 2.75) is 32.0 Å². The molecule has 20 heavy (non-hydrogen) atoms. The van der Waals surface area contributed by atoms with E-state index in [1.54, 1.807) is 6.26 Å². The van der Waals surface area contributed by atoms with Crippen molar-refractivity contribution >= 4 is 0 Å². The van der Waals surface area contributed by atoms with Crippen LogP contribution in [0.5, 0.6) is 0 Å². The molecular weight excluding hydrogens is 248 g/mol. The van der Waals surface area contributed by atoms with Crippen LogP contribution in [0.3, 0.4) is 0 Å². The Morgan fingerprint density at radius 1 is 1.20 bits per heavy atom. The lowest BCUT2D eigenvalue weighted by molar-refractivity contribution is 0.118. The minimum Gasteiger partial charge on any atom is -0.468 e. The van der Waals surface area contributed by atoms with Crippen molar-refractivity contribution in [2.24, 2.45) is 0 Å². The van der Waals surface area contributed by atoms with Crippen LogP contribution in [0.1, 0.15) is 18.2 Å². The molecular formula is C17H22N2O. The zero-order valence-electron chi connectivity index (χ0n) is 12.0. The third-order valence-electron chi connectivity index (χ3n) is 3.98. The first-order chi connectivity index (χ1) is 9.81. The summed E-state index contributed by atoms with van der Waals surface area (Å²) in [5.74, 6) is 1.05. The lowest BCUT2D eigenvalue weighted by Crippen LogP contribution is -2.55. The fourth-order valence-electron chi connectivity index (χ4n) is 2.92. The van der Waals surface area contributed by atoms with Gasteiger partial charge in [0, 0.05) is 25.2 Å². The quantitative estimate of drug-likeness (QED) is 0.926. The van der Waals surface area contributed by atoms with Gasteiger partial charge in [-0.2, -0.15) is 0 Å². The maximum Gasteiger partial charge on any atom is 0.117 e. The number of nitrogens with zero attached hydrogens (tertiary/aromatic N) is 1. The molecule has 0 amide bonds. The second-order valence-corrected chi connectivity index (χ2v) is 5.66. The van der Waals surface area contributed by atoms with Gasteiger partial charge < -0.3 is 9.73 Å². The smallest absolute Gasteiger partial charge is 0.117 e. The fourth-order valence-corrected chi connectivity index (χ4v) is 2.92. The summed E-state index contributed by atoms with van der Waals surface area (Å²) >= 11 is 0. The largest absolute Gasteiger partial charge is 0.468 e. The van der Waals surface area contributed by atoms with Gasteiger partial charge in [0.05, 0.1) is 12.8 Å². The number of hydrogen-bond donors (Lipinski definition) is 1. The van der Waals surface area contributed by atoms with Crippen LogP contribution in [0.2, 0.25) is 0 Å². The van der Waals surface area contributed by atoms with Gasteiger partial charge in [0.1, 0.15) is 5.76 Å². The number of furan rings is 1. The molecule has 3 heteroatoms. The van der Waals surface area contributed by atoms with Gasteiger partial charge in [-0.1, -0.05) is 30.3 Å². The first-order valence-corrected chi connectivity index (χ1v) is 7.35. The molecule has 0 saturated carbocycles. The molecule has 1 N–H and O–H groups in total. The summed E-state index contributed by atoms with van der Waals surface area (Å²) in [7, 11) is 0. The maximum atomic E-state index is 5.51. The van der Waals surface area contributed by atoms with Gasteiger partial charge in [-0.05, 0) is 31.0 Å². The zero-order valence-corrected chi connectivity index (χ0v) is 12.0. The van der Waals surface area contributed by atoms with Gasteiger partial charge >= 0.3 is 0 Å². The molecule has 2 atom stereocenters. The molecule has 0 radical (unpaired) electrons. The van der Waals surface area contributed by atoms with Crippen molar-refractivity contribution in [3.05, 3.63) is 60.1 Å². The molecule has 0 spiro atoms. The Morgan fingerprint density at radius 2 is 2.05 bits per heavy atom. The Hall–Kier alpha value is -1.58. The van der Waals surface area contributed by atoms with Crippen molar-refractivity contribution < 1.29 is 4.42 Å². The van der Waals surface area contributed by atoms with E-state index in [1.165, 1.54) is 5.56 Å². The maximum absolute atomic E-state index is 5.51. The number of piperazine rings is 1. The summed E-state index contributed by atoms with van der Waals surface area (Å²) in [4.78, 5) is 2.53. The summed E-state index contributed by atoms with van der Waals surface area (Å²) in [5.41, 5.74) is 1.40. The van der Waals surface area contributed by atoms with E-state index < -0.39 is 0 Å². The Labute approximate surface area is 120 Å². The minimum atomic E-state index is 0.527. The second-order valence-electron chi connectivity index (χ2n) is 5.66. The van der Waals surface area contributed by atoms with Crippen molar-refractivity contribution in [1.29, 1.82) is 0 Å². The molecule has 2 aromatic rings. The number of hydrogen-bond acceptors (Lipinski definition) is 3. The van der Waals surface area contributed by atoms with Crippen molar-refractivity contribution in [2.75, 3.05) is 13.1 Å². The molecule has 1 aliphatic heterocycles. The van der Waals surface area contributed by atoms with Gasteiger partial charge in [-0.15, -0.1) is 0 Å². The van der Waals surface area contributed by atoms with Crippen LogP contribution >= 0.6 is 0 Å². The van der Waals surface area contributed by atoms with E-state index in [4.69, 9.17) is 4.42 Å². The molecule has 2 heterocycles. The second kappa shape index (κ2) is 6.25. The highest BCUT2D eigenvalue weighted by Crippen LogP contribution is 2.16. The SMILES string of the molecule is CC1CN(Cc2ccco2)C(Cc2ccccc2)CN1. The molecule has 1 fully saturated rings. The molecule has 2 unspecified atom stereocenters.